The summed E-state index contributed by atoms with van der Waals surface area (Å²) in [4.78, 5) is 23.2. The lowest BCUT2D eigenvalue weighted by atomic mass is 9.82. The summed E-state index contributed by atoms with van der Waals surface area (Å²) in [5.74, 6) is 1.69. The largest absolute Gasteiger partial charge is 0.364 e. The summed E-state index contributed by atoms with van der Waals surface area (Å²) in [6, 6.07) is 3.78. The van der Waals surface area contributed by atoms with Crippen LogP contribution in [0.1, 0.15) is 31.2 Å². The summed E-state index contributed by atoms with van der Waals surface area (Å²) in [5.41, 5.74) is 6.60. The van der Waals surface area contributed by atoms with Gasteiger partial charge in [0, 0.05) is 25.5 Å². The summed E-state index contributed by atoms with van der Waals surface area (Å²) in [6.45, 7) is 1.90. The Labute approximate surface area is 158 Å². The molecular weight excluding hydrogens is 346 g/mol. The molecule has 0 saturated heterocycles. The molecule has 1 saturated carbocycles. The molecule has 4 N–H and O–H groups in total. The first-order valence-electron chi connectivity index (χ1n) is 9.24. The zero-order valence-corrected chi connectivity index (χ0v) is 15.2. The van der Waals surface area contributed by atoms with E-state index in [-0.39, 0.29) is 11.5 Å². The second kappa shape index (κ2) is 9.22. The zero-order chi connectivity index (χ0) is 19.1. The van der Waals surface area contributed by atoms with E-state index >= 15 is 0 Å². The van der Waals surface area contributed by atoms with Gasteiger partial charge in [0.2, 0.25) is 11.8 Å². The predicted octanol–water partition coefficient (Wildman–Crippen LogP) is 2.57. The molecule has 0 aliphatic heterocycles. The Kier molecular flexibility index (Phi) is 6.48. The van der Waals surface area contributed by atoms with Gasteiger partial charge in [-0.05, 0) is 55.7 Å². The smallest absolute Gasteiger partial charge is 0.329 e. The van der Waals surface area contributed by atoms with Crippen LogP contribution in [0.5, 0.6) is 0 Å². The molecule has 2 aromatic heterocycles. The van der Waals surface area contributed by atoms with Crippen molar-refractivity contribution in [2.75, 3.05) is 23.7 Å². The molecule has 27 heavy (non-hydrogen) atoms. The SMILES string of the molecule is NCC1CCC(CNc2nc(NCc3cccnc3)ncc2[N+](=O)[O-])CC1. The molecule has 1 aliphatic carbocycles. The molecule has 1 fully saturated rings. The number of pyridine rings is 1. The first-order chi connectivity index (χ1) is 13.2. The van der Waals surface area contributed by atoms with Gasteiger partial charge in [0.25, 0.3) is 0 Å². The minimum Gasteiger partial charge on any atom is -0.364 e. The van der Waals surface area contributed by atoms with Crippen molar-refractivity contribution in [3.63, 3.8) is 0 Å². The Morgan fingerprint density at radius 3 is 2.63 bits per heavy atom. The van der Waals surface area contributed by atoms with Crippen LogP contribution in [0, 0.1) is 22.0 Å². The van der Waals surface area contributed by atoms with E-state index in [1.165, 1.54) is 6.20 Å². The second-order valence-electron chi connectivity index (χ2n) is 6.90. The highest BCUT2D eigenvalue weighted by molar-refractivity contribution is 5.57. The Balaban J connectivity index is 1.62. The third kappa shape index (κ3) is 5.33. The number of nitrogens with one attached hydrogen (secondary N) is 2. The van der Waals surface area contributed by atoms with Gasteiger partial charge in [0.1, 0.15) is 6.20 Å². The predicted molar refractivity (Wildman–Crippen MR) is 103 cm³/mol. The van der Waals surface area contributed by atoms with E-state index in [1.54, 1.807) is 12.4 Å². The number of hydrogen-bond acceptors (Lipinski definition) is 8. The molecular formula is C18H25N7O2. The van der Waals surface area contributed by atoms with Gasteiger partial charge in [0.15, 0.2) is 0 Å². The van der Waals surface area contributed by atoms with Crippen molar-refractivity contribution in [3.05, 3.63) is 46.4 Å². The lowest BCUT2D eigenvalue weighted by Crippen LogP contribution is -2.25. The van der Waals surface area contributed by atoms with Crippen LogP contribution >= 0.6 is 0 Å². The normalized spacial score (nSPS) is 19.4. The summed E-state index contributed by atoms with van der Waals surface area (Å²) in [7, 11) is 0. The van der Waals surface area contributed by atoms with Crippen molar-refractivity contribution < 1.29 is 4.92 Å². The second-order valence-corrected chi connectivity index (χ2v) is 6.90. The molecule has 1 aliphatic rings. The number of hydrogen-bond donors (Lipinski definition) is 3. The lowest BCUT2D eigenvalue weighted by Gasteiger charge is -2.27. The third-order valence-corrected chi connectivity index (χ3v) is 5.00. The monoisotopic (exact) mass is 371 g/mol. The van der Waals surface area contributed by atoms with Crippen molar-refractivity contribution in [2.45, 2.75) is 32.2 Å². The molecule has 0 unspecified atom stereocenters. The van der Waals surface area contributed by atoms with Gasteiger partial charge >= 0.3 is 5.69 Å². The molecule has 3 rings (SSSR count). The fourth-order valence-electron chi connectivity index (χ4n) is 3.32. The van der Waals surface area contributed by atoms with Gasteiger partial charge in [-0.1, -0.05) is 6.07 Å². The van der Waals surface area contributed by atoms with E-state index in [0.717, 1.165) is 37.8 Å². The number of aromatic nitrogens is 3. The number of nitrogens with zero attached hydrogens (tertiary/aromatic N) is 4. The molecule has 2 aromatic rings. The van der Waals surface area contributed by atoms with E-state index in [0.29, 0.717) is 30.9 Å². The first kappa shape index (κ1) is 19.0. The van der Waals surface area contributed by atoms with E-state index in [1.807, 2.05) is 12.1 Å². The summed E-state index contributed by atoms with van der Waals surface area (Å²) in [6.07, 6.45) is 9.09. The lowest BCUT2D eigenvalue weighted by molar-refractivity contribution is -0.384. The molecule has 9 heteroatoms. The standard InChI is InChI=1S/C18H25N7O2/c19-8-13-3-5-14(6-4-13)10-21-17-16(25(26)27)12-23-18(24-17)22-11-15-2-1-7-20-9-15/h1-2,7,9,12-14H,3-6,8,10-11,19H2,(H2,21,22,23,24). The highest BCUT2D eigenvalue weighted by Crippen LogP contribution is 2.29. The van der Waals surface area contributed by atoms with E-state index in [9.17, 15) is 10.1 Å². The van der Waals surface area contributed by atoms with Crippen molar-refractivity contribution in [2.24, 2.45) is 17.6 Å². The minimum atomic E-state index is -0.460. The summed E-state index contributed by atoms with van der Waals surface area (Å²) in [5, 5.41) is 17.5. The molecule has 9 nitrogen and oxygen atoms in total. The number of nitro groups is 1. The average Bonchev–Trinajstić information content (AvgIpc) is 2.71. The fraction of sp³-hybridized carbons (Fsp3) is 0.500. The van der Waals surface area contributed by atoms with Gasteiger partial charge in [-0.15, -0.1) is 0 Å². The van der Waals surface area contributed by atoms with Crippen LogP contribution in [0.3, 0.4) is 0 Å². The Hall–Kier alpha value is -2.81. The fourth-order valence-corrected chi connectivity index (χ4v) is 3.32. The van der Waals surface area contributed by atoms with Crippen LogP contribution in [-0.2, 0) is 6.54 Å². The van der Waals surface area contributed by atoms with Crippen molar-refractivity contribution >= 4 is 17.5 Å². The van der Waals surface area contributed by atoms with Crippen LogP contribution in [-0.4, -0.2) is 33.0 Å². The average molecular weight is 371 g/mol. The van der Waals surface area contributed by atoms with E-state index < -0.39 is 4.92 Å². The van der Waals surface area contributed by atoms with E-state index in [2.05, 4.69) is 25.6 Å². The van der Waals surface area contributed by atoms with Gasteiger partial charge in [0.05, 0.1) is 4.92 Å². The van der Waals surface area contributed by atoms with Gasteiger partial charge in [-0.3, -0.25) is 15.1 Å². The van der Waals surface area contributed by atoms with Gasteiger partial charge in [-0.2, -0.15) is 4.98 Å². The van der Waals surface area contributed by atoms with Crippen LogP contribution in [0.15, 0.2) is 30.7 Å². The molecule has 0 radical (unpaired) electrons. The zero-order valence-electron chi connectivity index (χ0n) is 15.2. The van der Waals surface area contributed by atoms with Gasteiger partial charge < -0.3 is 16.4 Å². The maximum Gasteiger partial charge on any atom is 0.329 e. The van der Waals surface area contributed by atoms with Crippen LogP contribution < -0.4 is 16.4 Å². The molecule has 0 amide bonds. The topological polar surface area (TPSA) is 132 Å². The maximum absolute atomic E-state index is 11.3. The molecule has 0 atom stereocenters. The third-order valence-electron chi connectivity index (χ3n) is 5.00. The highest BCUT2D eigenvalue weighted by atomic mass is 16.6. The Morgan fingerprint density at radius 2 is 1.96 bits per heavy atom. The van der Waals surface area contributed by atoms with Crippen molar-refractivity contribution in [1.82, 2.24) is 15.0 Å². The number of rotatable bonds is 8. The first-order valence-corrected chi connectivity index (χ1v) is 9.24. The number of nitrogens with two attached hydrogens (primary N) is 1. The van der Waals surface area contributed by atoms with Crippen LogP contribution in [0.4, 0.5) is 17.5 Å². The Morgan fingerprint density at radius 1 is 1.19 bits per heavy atom. The van der Waals surface area contributed by atoms with E-state index in [4.69, 9.17) is 5.73 Å². The summed E-state index contributed by atoms with van der Waals surface area (Å²) >= 11 is 0. The molecule has 0 bridgehead atoms. The quantitative estimate of drug-likeness (QED) is 0.476. The number of anilines is 2. The summed E-state index contributed by atoms with van der Waals surface area (Å²) < 4.78 is 0. The highest BCUT2D eigenvalue weighted by Gasteiger charge is 2.22. The van der Waals surface area contributed by atoms with Gasteiger partial charge in [-0.25, -0.2) is 4.98 Å². The molecule has 0 aromatic carbocycles. The maximum atomic E-state index is 11.3. The van der Waals surface area contributed by atoms with Crippen molar-refractivity contribution in [3.8, 4) is 0 Å². The minimum absolute atomic E-state index is 0.113. The van der Waals surface area contributed by atoms with Crippen molar-refractivity contribution in [1.29, 1.82) is 0 Å². The van der Waals surface area contributed by atoms with Crippen LogP contribution in [0.25, 0.3) is 0 Å². The molecule has 2 heterocycles. The molecule has 144 valence electrons. The molecule has 0 spiro atoms. The van der Waals surface area contributed by atoms with Crippen LogP contribution in [0.2, 0.25) is 0 Å². The Bertz CT molecular complexity index is 749.